The van der Waals surface area contributed by atoms with Crippen LogP contribution in [0, 0.1) is 12.8 Å². The van der Waals surface area contributed by atoms with Crippen LogP contribution in [-0.2, 0) is 11.3 Å². The van der Waals surface area contributed by atoms with E-state index in [1.165, 1.54) is 0 Å². The van der Waals surface area contributed by atoms with E-state index in [1.807, 2.05) is 19.1 Å². The van der Waals surface area contributed by atoms with Gasteiger partial charge >= 0.3 is 0 Å². The number of fused-ring (bicyclic) bond motifs is 1. The first-order valence-electron chi connectivity index (χ1n) is 7.72. The average molecular weight is 364 g/mol. The molecule has 3 aromatic rings. The summed E-state index contributed by atoms with van der Waals surface area (Å²) >= 11 is 12.6. The van der Waals surface area contributed by atoms with Crippen molar-refractivity contribution in [2.24, 2.45) is 5.92 Å². The van der Waals surface area contributed by atoms with Crippen molar-refractivity contribution in [1.29, 1.82) is 0 Å². The highest BCUT2D eigenvalue weighted by atomic mass is 35.5. The Bertz CT molecular complexity index is 905. The van der Waals surface area contributed by atoms with Gasteiger partial charge in [0.25, 0.3) is 0 Å². The molecule has 0 bridgehead atoms. The quantitative estimate of drug-likeness (QED) is 0.525. The molecule has 8 heteroatoms. The molecule has 1 unspecified atom stereocenters. The van der Waals surface area contributed by atoms with Crippen LogP contribution < -0.4 is 0 Å². The molecule has 1 aliphatic rings. The third-order valence-electron chi connectivity index (χ3n) is 4.13. The van der Waals surface area contributed by atoms with Gasteiger partial charge in [0.15, 0.2) is 10.8 Å². The molecule has 124 valence electrons. The zero-order valence-electron chi connectivity index (χ0n) is 13.0. The molecule has 0 aliphatic carbocycles. The number of ether oxygens (including phenoxy) is 1. The maximum atomic E-state index is 6.29. The molecule has 1 saturated heterocycles. The van der Waals surface area contributed by atoms with Gasteiger partial charge in [-0.1, -0.05) is 23.2 Å². The number of halogens is 2. The Balaban J connectivity index is 1.94. The van der Waals surface area contributed by atoms with Gasteiger partial charge in [0.05, 0.1) is 12.2 Å². The van der Waals surface area contributed by atoms with Crippen molar-refractivity contribution in [3.63, 3.8) is 0 Å². The van der Waals surface area contributed by atoms with Crippen LogP contribution in [0.5, 0.6) is 0 Å². The van der Waals surface area contributed by atoms with Crippen molar-refractivity contribution in [2.75, 3.05) is 13.2 Å². The van der Waals surface area contributed by atoms with Gasteiger partial charge in [-0.3, -0.25) is 0 Å². The fourth-order valence-corrected chi connectivity index (χ4v) is 3.44. The Morgan fingerprint density at radius 1 is 1.25 bits per heavy atom. The fraction of sp³-hybridized carbons (Fsp3) is 0.375. The predicted molar refractivity (Wildman–Crippen MR) is 92.2 cm³/mol. The Morgan fingerprint density at radius 3 is 2.88 bits per heavy atom. The van der Waals surface area contributed by atoms with Crippen molar-refractivity contribution in [3.05, 3.63) is 34.5 Å². The molecule has 24 heavy (non-hydrogen) atoms. The van der Waals surface area contributed by atoms with Gasteiger partial charge in [-0.05, 0) is 25.5 Å². The summed E-state index contributed by atoms with van der Waals surface area (Å²) in [5.74, 6) is 1.72. The van der Waals surface area contributed by atoms with Crippen molar-refractivity contribution in [3.8, 4) is 11.4 Å². The molecule has 4 heterocycles. The van der Waals surface area contributed by atoms with Gasteiger partial charge in [-0.25, -0.2) is 19.9 Å². The van der Waals surface area contributed by atoms with Gasteiger partial charge in [-0.2, -0.15) is 0 Å². The number of aromatic nitrogens is 5. The summed E-state index contributed by atoms with van der Waals surface area (Å²) < 4.78 is 7.56. The minimum atomic E-state index is 0.347. The molecule has 4 rings (SSSR count). The third-order valence-corrected chi connectivity index (χ3v) is 4.69. The zero-order chi connectivity index (χ0) is 16.7. The van der Waals surface area contributed by atoms with E-state index in [0.29, 0.717) is 39.0 Å². The Morgan fingerprint density at radius 2 is 2.12 bits per heavy atom. The molecule has 0 N–H and O–H groups in total. The van der Waals surface area contributed by atoms with E-state index in [4.69, 9.17) is 27.9 Å². The second-order valence-corrected chi connectivity index (χ2v) is 6.57. The van der Waals surface area contributed by atoms with E-state index < -0.39 is 0 Å². The molecule has 1 fully saturated rings. The number of pyridine rings is 1. The minimum Gasteiger partial charge on any atom is -0.381 e. The molecule has 0 radical (unpaired) electrons. The largest absolute Gasteiger partial charge is 0.381 e. The van der Waals surface area contributed by atoms with E-state index in [0.717, 1.165) is 31.7 Å². The van der Waals surface area contributed by atoms with E-state index in [9.17, 15) is 0 Å². The molecule has 0 saturated carbocycles. The third kappa shape index (κ3) is 2.75. The number of hydrogen-bond donors (Lipinski definition) is 0. The molecular weight excluding hydrogens is 349 g/mol. The van der Waals surface area contributed by atoms with Crippen LogP contribution in [0.15, 0.2) is 18.3 Å². The number of imidazole rings is 1. The van der Waals surface area contributed by atoms with Crippen LogP contribution in [0.1, 0.15) is 12.2 Å². The first kappa shape index (κ1) is 15.7. The standard InChI is InChI=1S/C16H15Cl2N5O/c1-9-20-14(18)12-16(21-9)23(7-10-4-6-24-8-10)15(22-12)11-3-2-5-19-13(11)17/h2-3,5,10H,4,6-8H2,1H3. The first-order chi connectivity index (χ1) is 11.6. The van der Waals surface area contributed by atoms with Gasteiger partial charge in [0.2, 0.25) is 0 Å². The highest BCUT2D eigenvalue weighted by molar-refractivity contribution is 6.34. The molecule has 0 amide bonds. The normalized spacial score (nSPS) is 17.7. The van der Waals surface area contributed by atoms with E-state index in [1.54, 1.807) is 6.20 Å². The van der Waals surface area contributed by atoms with E-state index in [-0.39, 0.29) is 0 Å². The molecule has 0 spiro atoms. The van der Waals surface area contributed by atoms with Crippen LogP contribution in [0.25, 0.3) is 22.6 Å². The minimum absolute atomic E-state index is 0.347. The van der Waals surface area contributed by atoms with E-state index >= 15 is 0 Å². The summed E-state index contributed by atoms with van der Waals surface area (Å²) in [6.45, 7) is 4.08. The smallest absolute Gasteiger partial charge is 0.165 e. The van der Waals surface area contributed by atoms with Crippen LogP contribution in [0.4, 0.5) is 0 Å². The molecule has 3 aromatic heterocycles. The Labute approximate surface area is 148 Å². The van der Waals surface area contributed by atoms with Gasteiger partial charge in [0, 0.05) is 25.3 Å². The number of aryl methyl sites for hydroxylation is 1. The van der Waals surface area contributed by atoms with Crippen molar-refractivity contribution < 1.29 is 4.74 Å². The summed E-state index contributed by atoms with van der Waals surface area (Å²) in [5.41, 5.74) is 2.05. The first-order valence-corrected chi connectivity index (χ1v) is 8.48. The average Bonchev–Trinajstić information content (AvgIpc) is 3.17. The monoisotopic (exact) mass is 363 g/mol. The van der Waals surface area contributed by atoms with Gasteiger partial charge in [0.1, 0.15) is 22.3 Å². The molecule has 1 aliphatic heterocycles. The molecule has 6 nitrogen and oxygen atoms in total. The Kier molecular flexibility index (Phi) is 4.12. The lowest BCUT2D eigenvalue weighted by Gasteiger charge is -2.13. The number of nitrogens with zero attached hydrogens (tertiary/aromatic N) is 5. The highest BCUT2D eigenvalue weighted by Crippen LogP contribution is 2.32. The summed E-state index contributed by atoms with van der Waals surface area (Å²) in [6, 6.07) is 3.73. The fourth-order valence-electron chi connectivity index (χ4n) is 2.99. The van der Waals surface area contributed by atoms with Gasteiger partial charge < -0.3 is 9.30 Å². The van der Waals surface area contributed by atoms with E-state index in [2.05, 4.69) is 24.5 Å². The highest BCUT2D eigenvalue weighted by Gasteiger charge is 2.23. The lowest BCUT2D eigenvalue weighted by Crippen LogP contribution is -2.12. The van der Waals surface area contributed by atoms with Crippen LogP contribution in [0.2, 0.25) is 10.3 Å². The van der Waals surface area contributed by atoms with Crippen LogP contribution in [-0.4, -0.2) is 37.7 Å². The van der Waals surface area contributed by atoms with Gasteiger partial charge in [-0.15, -0.1) is 0 Å². The van der Waals surface area contributed by atoms with Crippen LogP contribution in [0.3, 0.4) is 0 Å². The summed E-state index contributed by atoms with van der Waals surface area (Å²) in [5, 5.41) is 0.748. The predicted octanol–water partition coefficient (Wildman–Crippen LogP) is 3.54. The maximum absolute atomic E-state index is 6.29. The summed E-state index contributed by atoms with van der Waals surface area (Å²) in [6.07, 6.45) is 2.66. The lowest BCUT2D eigenvalue weighted by atomic mass is 10.1. The zero-order valence-corrected chi connectivity index (χ0v) is 14.5. The molecular formula is C16H15Cl2N5O. The topological polar surface area (TPSA) is 65.7 Å². The second-order valence-electron chi connectivity index (χ2n) is 5.85. The SMILES string of the molecule is Cc1nc(Cl)c2nc(-c3cccnc3Cl)n(CC3CCOC3)c2n1. The molecule has 0 aromatic carbocycles. The van der Waals surface area contributed by atoms with Crippen molar-refractivity contribution in [2.45, 2.75) is 19.9 Å². The number of rotatable bonds is 3. The summed E-state index contributed by atoms with van der Waals surface area (Å²) in [7, 11) is 0. The maximum Gasteiger partial charge on any atom is 0.165 e. The lowest BCUT2D eigenvalue weighted by molar-refractivity contribution is 0.183. The molecule has 1 atom stereocenters. The second kappa shape index (κ2) is 6.27. The summed E-state index contributed by atoms with van der Waals surface area (Å²) in [4.78, 5) is 17.6. The van der Waals surface area contributed by atoms with Crippen molar-refractivity contribution in [1.82, 2.24) is 24.5 Å². The Hall–Kier alpha value is -1.76. The van der Waals surface area contributed by atoms with Crippen molar-refractivity contribution >= 4 is 34.4 Å². The number of hydrogen-bond acceptors (Lipinski definition) is 5. The van der Waals surface area contributed by atoms with Crippen LogP contribution >= 0.6 is 23.2 Å².